The van der Waals surface area contributed by atoms with Crippen LogP contribution >= 0.6 is 11.6 Å². The number of carbonyl (C=O) groups excluding carboxylic acids is 2. The van der Waals surface area contributed by atoms with Gasteiger partial charge in [-0.1, -0.05) is 11.6 Å². The van der Waals surface area contributed by atoms with Crippen LogP contribution in [0.15, 0.2) is 12.1 Å². The molecule has 1 heterocycles. The van der Waals surface area contributed by atoms with E-state index in [9.17, 15) is 9.59 Å². The molecule has 0 fully saturated rings. The van der Waals surface area contributed by atoms with Crippen LogP contribution in [0.1, 0.15) is 17.3 Å². The predicted octanol–water partition coefficient (Wildman–Crippen LogP) is -0.113. The maximum absolute atomic E-state index is 11.7. The first-order chi connectivity index (χ1) is 8.56. The van der Waals surface area contributed by atoms with Gasteiger partial charge in [0, 0.05) is 12.1 Å². The molecule has 0 bridgehead atoms. The fraction of sp³-hybridized carbons (Fsp3) is 0.300. The van der Waals surface area contributed by atoms with Crippen molar-refractivity contribution in [3.63, 3.8) is 0 Å². The predicted molar refractivity (Wildman–Crippen MR) is 68.1 cm³/mol. The van der Waals surface area contributed by atoms with Crippen LogP contribution < -0.4 is 21.9 Å². The topological polar surface area (TPSA) is 109 Å². The lowest BCUT2D eigenvalue weighted by Gasteiger charge is -2.07. The summed E-state index contributed by atoms with van der Waals surface area (Å²) in [6.45, 7) is 2.20. The van der Waals surface area contributed by atoms with E-state index >= 15 is 0 Å². The Morgan fingerprint density at radius 2 is 2.11 bits per heavy atom. The Kier molecular flexibility index (Phi) is 5.34. The summed E-state index contributed by atoms with van der Waals surface area (Å²) in [4.78, 5) is 26.7. The van der Waals surface area contributed by atoms with Gasteiger partial charge < -0.3 is 16.1 Å². The van der Waals surface area contributed by atoms with Crippen LogP contribution in [-0.4, -0.2) is 29.9 Å². The highest BCUT2D eigenvalue weighted by Crippen LogP contribution is 2.13. The molecule has 1 rings (SSSR count). The van der Waals surface area contributed by atoms with Gasteiger partial charge in [-0.3, -0.25) is 9.59 Å². The third kappa shape index (κ3) is 4.19. The third-order valence-corrected chi connectivity index (χ3v) is 2.18. The van der Waals surface area contributed by atoms with E-state index in [2.05, 4.69) is 21.0 Å². The Bertz CT molecular complexity index is 452. The van der Waals surface area contributed by atoms with Crippen LogP contribution in [0.25, 0.3) is 0 Å². The maximum Gasteiger partial charge on any atom is 0.251 e. The number of nitrogens with one attached hydrogen (secondary N) is 3. The molecule has 0 aliphatic carbocycles. The molecule has 0 saturated heterocycles. The van der Waals surface area contributed by atoms with Crippen molar-refractivity contribution in [3.8, 4) is 0 Å². The molecule has 0 spiro atoms. The van der Waals surface area contributed by atoms with Crippen molar-refractivity contribution in [2.24, 2.45) is 5.84 Å². The average molecular weight is 272 g/mol. The normalized spacial score (nSPS) is 9.72. The second-order valence-electron chi connectivity index (χ2n) is 3.34. The first-order valence-electron chi connectivity index (χ1n) is 5.26. The minimum absolute atomic E-state index is 0.0992. The van der Waals surface area contributed by atoms with Crippen LogP contribution in [0.2, 0.25) is 5.15 Å². The molecule has 0 radical (unpaired) electrons. The number of amides is 2. The fourth-order valence-corrected chi connectivity index (χ4v) is 1.43. The van der Waals surface area contributed by atoms with Crippen LogP contribution in [0, 0.1) is 0 Å². The lowest BCUT2D eigenvalue weighted by atomic mass is 10.2. The van der Waals surface area contributed by atoms with Crippen molar-refractivity contribution in [3.05, 3.63) is 22.8 Å². The maximum atomic E-state index is 11.7. The zero-order chi connectivity index (χ0) is 13.5. The van der Waals surface area contributed by atoms with Crippen LogP contribution in [-0.2, 0) is 4.79 Å². The van der Waals surface area contributed by atoms with Gasteiger partial charge in [0.2, 0.25) is 5.91 Å². The molecular formula is C10H14ClN5O2. The van der Waals surface area contributed by atoms with Crippen molar-refractivity contribution in [2.45, 2.75) is 6.92 Å². The second kappa shape index (κ2) is 6.77. The molecule has 98 valence electrons. The quantitative estimate of drug-likeness (QED) is 0.339. The Balaban J connectivity index is 2.66. The molecule has 7 nitrogen and oxygen atoms in total. The molecule has 8 heteroatoms. The minimum atomic E-state index is -0.429. The molecule has 1 aromatic heterocycles. The zero-order valence-corrected chi connectivity index (χ0v) is 10.5. The Labute approximate surface area is 109 Å². The Morgan fingerprint density at radius 3 is 2.72 bits per heavy atom. The van der Waals surface area contributed by atoms with Gasteiger partial charge >= 0.3 is 0 Å². The lowest BCUT2D eigenvalue weighted by molar-refractivity contribution is -0.120. The molecule has 0 saturated carbocycles. The summed E-state index contributed by atoms with van der Waals surface area (Å²) in [5, 5.41) is 5.15. The molecule has 0 unspecified atom stereocenters. The van der Waals surface area contributed by atoms with E-state index in [-0.39, 0.29) is 29.0 Å². The average Bonchev–Trinajstić information content (AvgIpc) is 2.35. The number of nitrogens with two attached hydrogens (primary N) is 1. The summed E-state index contributed by atoms with van der Waals surface area (Å²) >= 11 is 5.72. The van der Waals surface area contributed by atoms with Crippen LogP contribution in [0.5, 0.6) is 0 Å². The zero-order valence-electron chi connectivity index (χ0n) is 9.79. The highest BCUT2D eigenvalue weighted by molar-refractivity contribution is 6.29. The summed E-state index contributed by atoms with van der Waals surface area (Å²) in [5.41, 5.74) is 2.56. The highest BCUT2D eigenvalue weighted by atomic mass is 35.5. The number of rotatable bonds is 5. The van der Waals surface area contributed by atoms with E-state index in [0.29, 0.717) is 6.54 Å². The lowest BCUT2D eigenvalue weighted by Crippen LogP contribution is -2.36. The van der Waals surface area contributed by atoms with Crippen LogP contribution in [0.4, 0.5) is 5.82 Å². The molecule has 0 aliphatic rings. The number of halogens is 1. The van der Waals surface area contributed by atoms with Gasteiger partial charge in [-0.2, -0.15) is 0 Å². The van der Waals surface area contributed by atoms with E-state index in [1.165, 1.54) is 12.1 Å². The van der Waals surface area contributed by atoms with Gasteiger partial charge in [0.25, 0.3) is 5.91 Å². The minimum Gasteiger partial charge on any atom is -0.355 e. The SMILES string of the molecule is CCNC(=O)CNC(=O)c1cc(Cl)nc(NN)c1. The molecular weight excluding hydrogens is 258 g/mol. The molecule has 0 atom stereocenters. The van der Waals surface area contributed by atoms with Gasteiger partial charge in [0.15, 0.2) is 0 Å². The summed E-state index contributed by atoms with van der Waals surface area (Å²) < 4.78 is 0. The molecule has 2 amide bonds. The smallest absolute Gasteiger partial charge is 0.251 e. The molecule has 0 aromatic carbocycles. The molecule has 0 aliphatic heterocycles. The van der Waals surface area contributed by atoms with Gasteiger partial charge in [0.05, 0.1) is 6.54 Å². The van der Waals surface area contributed by atoms with Gasteiger partial charge in [0.1, 0.15) is 11.0 Å². The van der Waals surface area contributed by atoms with E-state index < -0.39 is 5.91 Å². The largest absolute Gasteiger partial charge is 0.355 e. The molecule has 1 aromatic rings. The van der Waals surface area contributed by atoms with Gasteiger partial charge in [-0.05, 0) is 19.1 Å². The van der Waals surface area contributed by atoms with Crippen molar-refractivity contribution < 1.29 is 9.59 Å². The summed E-state index contributed by atoms with van der Waals surface area (Å²) in [7, 11) is 0. The summed E-state index contributed by atoms with van der Waals surface area (Å²) in [6, 6.07) is 2.81. The number of likely N-dealkylation sites (N-methyl/N-ethyl adjacent to an activating group) is 1. The van der Waals surface area contributed by atoms with Crippen molar-refractivity contribution in [1.29, 1.82) is 0 Å². The number of hydrogen-bond donors (Lipinski definition) is 4. The van der Waals surface area contributed by atoms with E-state index in [1.54, 1.807) is 6.92 Å². The van der Waals surface area contributed by atoms with Crippen molar-refractivity contribution in [1.82, 2.24) is 15.6 Å². The summed E-state index contributed by atoms with van der Waals surface area (Å²) in [6.07, 6.45) is 0. The fourth-order valence-electron chi connectivity index (χ4n) is 1.22. The van der Waals surface area contributed by atoms with E-state index in [1.807, 2.05) is 0 Å². The Hall–Kier alpha value is -1.86. The molecule has 18 heavy (non-hydrogen) atoms. The summed E-state index contributed by atoms with van der Waals surface area (Å²) in [5.74, 6) is 4.76. The van der Waals surface area contributed by atoms with Crippen molar-refractivity contribution in [2.75, 3.05) is 18.5 Å². The van der Waals surface area contributed by atoms with Crippen LogP contribution in [0.3, 0.4) is 0 Å². The van der Waals surface area contributed by atoms with Gasteiger partial charge in [-0.15, -0.1) is 0 Å². The first kappa shape index (κ1) is 14.2. The number of carbonyl (C=O) groups is 2. The van der Waals surface area contributed by atoms with Crippen molar-refractivity contribution >= 4 is 29.2 Å². The number of hydrogen-bond acceptors (Lipinski definition) is 5. The molecule has 5 N–H and O–H groups in total. The van der Waals surface area contributed by atoms with Gasteiger partial charge in [-0.25, -0.2) is 10.8 Å². The number of anilines is 1. The number of hydrazine groups is 1. The highest BCUT2D eigenvalue weighted by Gasteiger charge is 2.10. The number of nitrogen functional groups attached to an aromatic ring is 1. The number of nitrogens with zero attached hydrogens (tertiary/aromatic N) is 1. The first-order valence-corrected chi connectivity index (χ1v) is 5.63. The second-order valence-corrected chi connectivity index (χ2v) is 3.73. The monoisotopic (exact) mass is 271 g/mol. The Morgan fingerprint density at radius 1 is 1.39 bits per heavy atom. The third-order valence-electron chi connectivity index (χ3n) is 1.99. The number of aromatic nitrogens is 1. The van der Waals surface area contributed by atoms with E-state index in [4.69, 9.17) is 17.4 Å². The van der Waals surface area contributed by atoms with E-state index in [0.717, 1.165) is 0 Å². The standard InChI is InChI=1S/C10H14ClN5O2/c1-2-13-9(17)5-14-10(18)6-3-7(11)15-8(4-6)16-12/h3-4H,2,5,12H2,1H3,(H,13,17)(H,14,18)(H,15,16). The number of pyridine rings is 1.